The molecule has 3 heterocycles. The molecule has 7 rings (SSSR count). The van der Waals surface area contributed by atoms with E-state index in [1.807, 2.05) is 0 Å². The Hall–Kier alpha value is -5.20. The van der Waals surface area contributed by atoms with Crippen LogP contribution in [-0.4, -0.2) is 111 Å². The predicted octanol–water partition coefficient (Wildman–Crippen LogP) is 1.11. The highest BCUT2D eigenvalue weighted by molar-refractivity contribution is 5.63. The lowest BCUT2D eigenvalue weighted by Crippen LogP contribution is -2.60. The maximum absolute atomic E-state index is 12.0. The molecule has 1 fully saturated rings. The van der Waals surface area contributed by atoms with Crippen molar-refractivity contribution < 1.29 is 80.2 Å². The van der Waals surface area contributed by atoms with Crippen LogP contribution in [0.1, 0.15) is 45.9 Å². The van der Waals surface area contributed by atoms with E-state index in [1.165, 1.54) is 54.6 Å². The van der Waals surface area contributed by atoms with Crippen LogP contribution >= 0.6 is 0 Å². The van der Waals surface area contributed by atoms with Gasteiger partial charge in [-0.2, -0.15) is 0 Å². The van der Waals surface area contributed by atoms with Crippen molar-refractivity contribution in [1.29, 1.82) is 0 Å². The first-order valence-electron chi connectivity index (χ1n) is 16.2. The second-order valence-corrected chi connectivity index (χ2v) is 13.0. The highest BCUT2D eigenvalue weighted by Crippen LogP contribution is 2.56. The summed E-state index contributed by atoms with van der Waals surface area (Å²) in [4.78, 5) is 0. The number of rotatable bonds is 6. The summed E-state index contributed by atoms with van der Waals surface area (Å²) in [5.74, 6) is -4.60. The zero-order valence-electron chi connectivity index (χ0n) is 27.0. The van der Waals surface area contributed by atoms with Gasteiger partial charge in [-0.05, 0) is 47.0 Å². The van der Waals surface area contributed by atoms with Crippen molar-refractivity contribution >= 4 is 0 Å². The molecule has 16 nitrogen and oxygen atoms in total. The van der Waals surface area contributed by atoms with Crippen molar-refractivity contribution in [3.8, 4) is 51.7 Å². The van der Waals surface area contributed by atoms with Crippen LogP contribution in [0.3, 0.4) is 0 Å². The number of phenols is 7. The maximum atomic E-state index is 12.0. The van der Waals surface area contributed by atoms with Crippen molar-refractivity contribution in [2.75, 3.05) is 6.61 Å². The van der Waals surface area contributed by atoms with E-state index in [2.05, 4.69) is 0 Å². The molecule has 1 saturated heterocycles. The molecule has 0 radical (unpaired) electrons. The Morgan fingerprint density at radius 3 is 1.87 bits per heavy atom. The van der Waals surface area contributed by atoms with Gasteiger partial charge in [0.15, 0.2) is 41.5 Å². The monoisotopic (exact) mass is 724 g/mol. The van der Waals surface area contributed by atoms with Gasteiger partial charge in [-0.25, -0.2) is 0 Å². The maximum Gasteiger partial charge on any atom is 0.187 e. The molecule has 0 amide bonds. The molecule has 10 atom stereocenters. The molecule has 0 aliphatic carbocycles. The van der Waals surface area contributed by atoms with Gasteiger partial charge in [0, 0.05) is 29.7 Å². The molecule has 4 aromatic rings. The van der Waals surface area contributed by atoms with Crippen LogP contribution in [-0.2, 0) is 15.9 Å². The number of hydrogen-bond donors (Lipinski definition) is 12. The summed E-state index contributed by atoms with van der Waals surface area (Å²) >= 11 is 0. The van der Waals surface area contributed by atoms with Gasteiger partial charge in [-0.3, -0.25) is 0 Å². The number of phenolic OH excluding ortho intramolecular Hbond substituents is 7. The normalized spacial score (nSPS) is 29.7. The Morgan fingerprint density at radius 1 is 0.596 bits per heavy atom. The van der Waals surface area contributed by atoms with Crippen molar-refractivity contribution in [3.63, 3.8) is 0 Å². The summed E-state index contributed by atoms with van der Waals surface area (Å²) in [6.07, 6.45) is -13.3. The Labute approximate surface area is 294 Å². The summed E-state index contributed by atoms with van der Waals surface area (Å²) in [7, 11) is 0. The smallest absolute Gasteiger partial charge is 0.187 e. The van der Waals surface area contributed by atoms with E-state index >= 15 is 0 Å². The molecule has 3 aliphatic heterocycles. The molecule has 0 spiro atoms. The van der Waals surface area contributed by atoms with Crippen molar-refractivity contribution in [1.82, 2.24) is 0 Å². The molecule has 52 heavy (non-hydrogen) atoms. The van der Waals surface area contributed by atoms with E-state index in [-0.39, 0.29) is 45.9 Å². The summed E-state index contributed by atoms with van der Waals surface area (Å²) in [5, 5.41) is 127. The van der Waals surface area contributed by atoms with Crippen LogP contribution in [0.25, 0.3) is 0 Å². The fraction of sp³-hybridized carbons (Fsp3) is 0.333. The van der Waals surface area contributed by atoms with Crippen LogP contribution in [0.15, 0.2) is 60.7 Å². The average molecular weight is 725 g/mol. The van der Waals surface area contributed by atoms with Crippen LogP contribution < -0.4 is 9.47 Å². The highest BCUT2D eigenvalue weighted by Gasteiger charge is 2.49. The van der Waals surface area contributed by atoms with Crippen LogP contribution in [0.2, 0.25) is 0 Å². The van der Waals surface area contributed by atoms with Gasteiger partial charge in [0.05, 0.1) is 12.5 Å². The van der Waals surface area contributed by atoms with E-state index in [0.717, 1.165) is 6.07 Å². The van der Waals surface area contributed by atoms with Crippen LogP contribution in [0, 0.1) is 0 Å². The number of aromatic hydroxyl groups is 7. The molecule has 3 aliphatic rings. The Morgan fingerprint density at radius 2 is 1.23 bits per heavy atom. The van der Waals surface area contributed by atoms with Crippen molar-refractivity contribution in [2.45, 2.75) is 67.5 Å². The van der Waals surface area contributed by atoms with E-state index in [1.54, 1.807) is 0 Å². The van der Waals surface area contributed by atoms with E-state index in [4.69, 9.17) is 18.9 Å². The third kappa shape index (κ3) is 5.99. The number of hydrogen-bond acceptors (Lipinski definition) is 16. The van der Waals surface area contributed by atoms with E-state index in [9.17, 15) is 61.3 Å². The first-order chi connectivity index (χ1) is 24.8. The minimum atomic E-state index is -1.77. The average Bonchev–Trinajstić information content (AvgIpc) is 3.11. The summed E-state index contributed by atoms with van der Waals surface area (Å²) in [5.41, 5.74) is 0.720. The molecule has 4 aromatic carbocycles. The van der Waals surface area contributed by atoms with E-state index < -0.39 is 102 Å². The van der Waals surface area contributed by atoms with Crippen LogP contribution in [0.4, 0.5) is 0 Å². The van der Waals surface area contributed by atoms with Gasteiger partial charge in [-0.15, -0.1) is 0 Å². The molecule has 0 bridgehead atoms. The van der Waals surface area contributed by atoms with Gasteiger partial charge in [-0.1, -0.05) is 18.2 Å². The minimum absolute atomic E-state index is 0.00268. The third-order valence-corrected chi connectivity index (χ3v) is 9.70. The Kier molecular flexibility index (Phi) is 9.08. The summed E-state index contributed by atoms with van der Waals surface area (Å²) in [6, 6.07) is 12.6. The third-order valence-electron chi connectivity index (χ3n) is 9.70. The molecule has 12 N–H and O–H groups in total. The van der Waals surface area contributed by atoms with Gasteiger partial charge in [0.2, 0.25) is 0 Å². The van der Waals surface area contributed by atoms with Crippen LogP contribution in [0.5, 0.6) is 51.7 Å². The number of ether oxygens (including phenoxy) is 4. The lowest BCUT2D eigenvalue weighted by atomic mass is 9.77. The fourth-order valence-corrected chi connectivity index (χ4v) is 7.09. The number of aliphatic hydroxyl groups excluding tert-OH is 5. The quantitative estimate of drug-likeness (QED) is 0.124. The first-order valence-corrected chi connectivity index (χ1v) is 16.2. The van der Waals surface area contributed by atoms with Gasteiger partial charge in [0.25, 0.3) is 0 Å². The summed E-state index contributed by atoms with van der Waals surface area (Å²) in [6.45, 7) is -0.711. The van der Waals surface area contributed by atoms with Gasteiger partial charge < -0.3 is 80.2 Å². The second kappa shape index (κ2) is 13.4. The lowest BCUT2D eigenvalue weighted by Gasteiger charge is -2.44. The topological polar surface area (TPSA) is 280 Å². The van der Waals surface area contributed by atoms with E-state index in [0.29, 0.717) is 5.56 Å². The second-order valence-electron chi connectivity index (χ2n) is 13.0. The SMILES string of the molecule is OCC1OC(OC2Cc3ccc(O)c(C4c5c(O)cc(O)cc5OC(c5ccc(O)c(O)c5)C4O)c3OC2c2ccc(O)c(O)c2)C(O)C(O)C1O. The molecular weight excluding hydrogens is 688 g/mol. The predicted molar refractivity (Wildman–Crippen MR) is 174 cm³/mol. The van der Waals surface area contributed by atoms with Gasteiger partial charge in [0.1, 0.15) is 65.4 Å². The molecule has 0 saturated carbocycles. The number of aliphatic hydroxyl groups is 5. The largest absolute Gasteiger partial charge is 0.508 e. The van der Waals surface area contributed by atoms with Crippen molar-refractivity contribution in [3.05, 3.63) is 88.5 Å². The number of benzene rings is 4. The summed E-state index contributed by atoms with van der Waals surface area (Å²) < 4.78 is 24.3. The molecular formula is C36H36O16. The molecule has 10 unspecified atom stereocenters. The Balaban J connectivity index is 1.35. The lowest BCUT2D eigenvalue weighted by molar-refractivity contribution is -0.317. The zero-order valence-corrected chi connectivity index (χ0v) is 27.0. The first kappa shape index (κ1) is 35.2. The number of fused-ring (bicyclic) bond motifs is 2. The highest BCUT2D eigenvalue weighted by atomic mass is 16.7. The molecule has 0 aromatic heterocycles. The zero-order chi connectivity index (χ0) is 37.2. The Bertz CT molecular complexity index is 1980. The van der Waals surface area contributed by atoms with Crippen molar-refractivity contribution in [2.24, 2.45) is 0 Å². The minimum Gasteiger partial charge on any atom is -0.508 e. The molecule has 16 heteroatoms. The molecule has 276 valence electrons. The fourth-order valence-electron chi connectivity index (χ4n) is 7.09. The standard InChI is InChI=1S/C36H36O16/c37-12-25-29(45)31(47)32(48)36(51-25)50-24-9-15-3-6-19(41)27(34(15)52-33(24)13-1-4-17(39)20(42)7-13)28-26-22(44)10-16(38)11-23(26)49-35(30(28)46)14-2-5-18(40)21(43)8-14/h1-8,10-11,24-25,28-33,35-48H,9,12H2. The van der Waals surface area contributed by atoms with Gasteiger partial charge >= 0.3 is 0 Å².